The number of nitro benzene ring substituents is 1. The molecular formula is C16H15ClN2O2. The number of hydrogen-bond donors (Lipinski definition) is 1. The molecule has 1 atom stereocenters. The van der Waals surface area contributed by atoms with Gasteiger partial charge in [0.15, 0.2) is 0 Å². The van der Waals surface area contributed by atoms with Crippen LogP contribution in [0.25, 0.3) is 0 Å². The molecule has 0 heterocycles. The third kappa shape index (κ3) is 2.72. The summed E-state index contributed by atoms with van der Waals surface area (Å²) in [6, 6.07) is 11.5. The first-order valence-corrected chi connectivity index (χ1v) is 7.22. The highest BCUT2D eigenvalue weighted by Crippen LogP contribution is 2.36. The van der Waals surface area contributed by atoms with E-state index in [0.717, 1.165) is 18.5 Å². The van der Waals surface area contributed by atoms with E-state index in [0.29, 0.717) is 0 Å². The molecule has 0 radical (unpaired) electrons. The monoisotopic (exact) mass is 302 g/mol. The van der Waals surface area contributed by atoms with Crippen molar-refractivity contribution < 1.29 is 4.92 Å². The Labute approximate surface area is 127 Å². The van der Waals surface area contributed by atoms with Gasteiger partial charge < -0.3 is 5.32 Å². The van der Waals surface area contributed by atoms with Gasteiger partial charge in [0.1, 0.15) is 5.02 Å². The third-order valence-electron chi connectivity index (χ3n) is 3.86. The fourth-order valence-corrected chi connectivity index (χ4v) is 3.00. The second-order valence-corrected chi connectivity index (χ2v) is 5.77. The van der Waals surface area contributed by atoms with Crippen molar-refractivity contribution in [1.82, 2.24) is 0 Å². The van der Waals surface area contributed by atoms with E-state index in [2.05, 4.69) is 30.4 Å². The quantitative estimate of drug-likeness (QED) is 0.663. The predicted octanol–water partition coefficient (Wildman–Crippen LogP) is 4.66. The number of hydrogen-bond acceptors (Lipinski definition) is 3. The molecule has 0 bridgehead atoms. The zero-order chi connectivity index (χ0) is 15.0. The lowest BCUT2D eigenvalue weighted by atomic mass is 10.0. The summed E-state index contributed by atoms with van der Waals surface area (Å²) < 4.78 is 0. The van der Waals surface area contributed by atoms with Gasteiger partial charge in [0.25, 0.3) is 5.69 Å². The minimum Gasteiger partial charge on any atom is -0.378 e. The maximum absolute atomic E-state index is 10.9. The van der Waals surface area contributed by atoms with E-state index < -0.39 is 4.92 Å². The van der Waals surface area contributed by atoms with Crippen molar-refractivity contribution >= 4 is 23.0 Å². The highest BCUT2D eigenvalue weighted by atomic mass is 35.5. The Bertz CT molecular complexity index is 715. The number of halogens is 1. The lowest BCUT2D eigenvalue weighted by Gasteiger charge is -2.16. The highest BCUT2D eigenvalue weighted by molar-refractivity contribution is 6.32. The molecule has 4 nitrogen and oxygen atoms in total. The van der Waals surface area contributed by atoms with Crippen LogP contribution in [0.2, 0.25) is 5.02 Å². The number of nitrogens with zero attached hydrogens (tertiary/aromatic N) is 1. The number of fused-ring (bicyclic) bond motifs is 1. The first kappa shape index (κ1) is 13.9. The van der Waals surface area contributed by atoms with Gasteiger partial charge >= 0.3 is 0 Å². The average Bonchev–Trinajstić information content (AvgIpc) is 2.83. The van der Waals surface area contributed by atoms with Crippen LogP contribution in [-0.2, 0) is 6.42 Å². The second kappa shape index (κ2) is 5.37. The second-order valence-electron chi connectivity index (χ2n) is 5.36. The molecule has 1 unspecified atom stereocenters. The van der Waals surface area contributed by atoms with Crippen LogP contribution in [0.3, 0.4) is 0 Å². The van der Waals surface area contributed by atoms with E-state index in [4.69, 9.17) is 11.6 Å². The van der Waals surface area contributed by atoms with E-state index in [-0.39, 0.29) is 16.8 Å². The van der Waals surface area contributed by atoms with Crippen LogP contribution in [0.15, 0.2) is 36.4 Å². The summed E-state index contributed by atoms with van der Waals surface area (Å²) in [7, 11) is 0. The molecule has 5 heteroatoms. The molecule has 2 aromatic carbocycles. The van der Waals surface area contributed by atoms with Gasteiger partial charge in [0.2, 0.25) is 0 Å². The molecular weight excluding hydrogens is 288 g/mol. The summed E-state index contributed by atoms with van der Waals surface area (Å²) in [4.78, 5) is 10.5. The van der Waals surface area contributed by atoms with Gasteiger partial charge in [-0.1, -0.05) is 35.4 Å². The van der Waals surface area contributed by atoms with Gasteiger partial charge in [-0.05, 0) is 43.0 Å². The topological polar surface area (TPSA) is 55.2 Å². The molecule has 0 amide bonds. The minimum absolute atomic E-state index is 0.0656. The highest BCUT2D eigenvalue weighted by Gasteiger charge is 2.23. The van der Waals surface area contributed by atoms with Crippen molar-refractivity contribution in [3.8, 4) is 0 Å². The van der Waals surface area contributed by atoms with Crippen molar-refractivity contribution in [2.75, 3.05) is 5.32 Å². The number of nitro groups is 1. The van der Waals surface area contributed by atoms with Crippen molar-refractivity contribution in [3.63, 3.8) is 0 Å². The van der Waals surface area contributed by atoms with Crippen molar-refractivity contribution in [3.05, 3.63) is 68.2 Å². The first-order chi connectivity index (χ1) is 10.0. The zero-order valence-electron chi connectivity index (χ0n) is 11.6. The normalized spacial score (nSPS) is 16.6. The Morgan fingerprint density at radius 3 is 2.86 bits per heavy atom. The van der Waals surface area contributed by atoms with Crippen LogP contribution in [0.4, 0.5) is 11.4 Å². The number of benzene rings is 2. The minimum atomic E-state index is -0.458. The van der Waals surface area contributed by atoms with Crippen LogP contribution in [0.1, 0.15) is 29.2 Å². The number of aryl methyl sites for hydroxylation is 2. The van der Waals surface area contributed by atoms with Gasteiger partial charge in [-0.15, -0.1) is 0 Å². The van der Waals surface area contributed by atoms with E-state index in [9.17, 15) is 10.1 Å². The van der Waals surface area contributed by atoms with E-state index in [1.807, 2.05) is 0 Å². The molecule has 21 heavy (non-hydrogen) atoms. The summed E-state index contributed by atoms with van der Waals surface area (Å²) in [6.45, 7) is 2.07. The lowest BCUT2D eigenvalue weighted by Crippen LogP contribution is -2.07. The Morgan fingerprint density at radius 2 is 2.10 bits per heavy atom. The molecule has 108 valence electrons. The average molecular weight is 303 g/mol. The summed E-state index contributed by atoms with van der Waals surface area (Å²) in [5, 5.41) is 14.5. The summed E-state index contributed by atoms with van der Waals surface area (Å²) >= 11 is 5.84. The predicted molar refractivity (Wildman–Crippen MR) is 84.0 cm³/mol. The van der Waals surface area contributed by atoms with Crippen LogP contribution in [-0.4, -0.2) is 4.92 Å². The third-order valence-corrected chi connectivity index (χ3v) is 4.18. The molecule has 0 aliphatic heterocycles. The molecule has 3 rings (SSSR count). The molecule has 1 aliphatic rings. The maximum atomic E-state index is 10.9. The number of anilines is 1. The maximum Gasteiger partial charge on any atom is 0.289 e. The van der Waals surface area contributed by atoms with Gasteiger partial charge in [-0.25, -0.2) is 0 Å². The zero-order valence-corrected chi connectivity index (χ0v) is 12.4. The number of nitrogens with one attached hydrogen (secondary N) is 1. The van der Waals surface area contributed by atoms with Crippen LogP contribution >= 0.6 is 11.6 Å². The van der Waals surface area contributed by atoms with Gasteiger partial charge in [-0.2, -0.15) is 0 Å². The smallest absolute Gasteiger partial charge is 0.289 e. The largest absolute Gasteiger partial charge is 0.378 e. The van der Waals surface area contributed by atoms with Crippen LogP contribution < -0.4 is 5.32 Å². The number of rotatable bonds is 3. The van der Waals surface area contributed by atoms with Gasteiger partial charge in [-0.3, -0.25) is 10.1 Å². The molecule has 0 spiro atoms. The Balaban J connectivity index is 1.88. The Hall–Kier alpha value is -2.07. The molecule has 0 fully saturated rings. The van der Waals surface area contributed by atoms with Crippen molar-refractivity contribution in [2.24, 2.45) is 0 Å². The molecule has 0 saturated carbocycles. The van der Waals surface area contributed by atoms with Gasteiger partial charge in [0, 0.05) is 11.8 Å². The molecule has 0 aromatic heterocycles. The molecule has 0 saturated heterocycles. The van der Waals surface area contributed by atoms with E-state index in [1.165, 1.54) is 22.8 Å². The molecule has 2 aromatic rings. The summed E-state index contributed by atoms with van der Waals surface area (Å²) in [5.41, 5.74) is 4.52. The van der Waals surface area contributed by atoms with Crippen LogP contribution in [0, 0.1) is 17.0 Å². The standard InChI is InChI=1S/C16H15ClN2O2/c1-10-2-3-11-4-7-15(13(11)8-10)18-12-5-6-14(17)16(9-12)19(20)21/h2-3,5-6,8-9,15,18H,4,7H2,1H3. The Morgan fingerprint density at radius 1 is 1.29 bits per heavy atom. The lowest BCUT2D eigenvalue weighted by molar-refractivity contribution is -0.384. The van der Waals surface area contributed by atoms with Crippen molar-refractivity contribution in [2.45, 2.75) is 25.8 Å². The molecule has 1 N–H and O–H groups in total. The fraction of sp³-hybridized carbons (Fsp3) is 0.250. The van der Waals surface area contributed by atoms with E-state index in [1.54, 1.807) is 12.1 Å². The van der Waals surface area contributed by atoms with Crippen molar-refractivity contribution in [1.29, 1.82) is 0 Å². The SMILES string of the molecule is Cc1ccc2c(c1)C(Nc1ccc(Cl)c([N+](=O)[O-])c1)CC2. The fourth-order valence-electron chi connectivity index (χ4n) is 2.82. The molecule has 1 aliphatic carbocycles. The Kier molecular flexibility index (Phi) is 3.55. The first-order valence-electron chi connectivity index (χ1n) is 6.84. The van der Waals surface area contributed by atoms with Crippen LogP contribution in [0.5, 0.6) is 0 Å². The van der Waals surface area contributed by atoms with Gasteiger partial charge in [0.05, 0.1) is 11.0 Å². The summed E-state index contributed by atoms with van der Waals surface area (Å²) in [6.07, 6.45) is 2.03. The van der Waals surface area contributed by atoms with E-state index >= 15 is 0 Å². The summed E-state index contributed by atoms with van der Waals surface area (Å²) in [5.74, 6) is 0.